The van der Waals surface area contributed by atoms with E-state index in [1.54, 1.807) is 12.1 Å². The number of nitrogens with one attached hydrogen (secondary N) is 2. The van der Waals surface area contributed by atoms with Gasteiger partial charge in [-0.2, -0.15) is 4.31 Å². The molecule has 1 aliphatic rings. The molecule has 1 saturated heterocycles. The van der Waals surface area contributed by atoms with Gasteiger partial charge in [0.25, 0.3) is 0 Å². The lowest BCUT2D eigenvalue weighted by Gasteiger charge is -2.22. The van der Waals surface area contributed by atoms with Crippen LogP contribution in [0.1, 0.15) is 28.8 Å². The average molecular weight is 355 g/mol. The zero-order valence-electron chi connectivity index (χ0n) is 13.4. The maximum Gasteiger partial charge on any atom is 0.335 e. The number of hydrogen-bond acceptors (Lipinski definition) is 4. The van der Waals surface area contributed by atoms with Gasteiger partial charge >= 0.3 is 12.0 Å². The lowest BCUT2D eigenvalue weighted by Crippen LogP contribution is -2.45. The minimum absolute atomic E-state index is 0.185. The molecule has 2 amide bonds. The van der Waals surface area contributed by atoms with Crippen LogP contribution in [0.2, 0.25) is 0 Å². The summed E-state index contributed by atoms with van der Waals surface area (Å²) in [5, 5.41) is 14.2. The van der Waals surface area contributed by atoms with Gasteiger partial charge in [0.15, 0.2) is 0 Å². The summed E-state index contributed by atoms with van der Waals surface area (Å²) in [6.07, 6.45) is 2.69. The van der Waals surface area contributed by atoms with Crippen LogP contribution in [0.25, 0.3) is 0 Å². The van der Waals surface area contributed by atoms with Crippen molar-refractivity contribution in [1.82, 2.24) is 14.9 Å². The second-order valence-corrected chi connectivity index (χ2v) is 7.67. The molecule has 1 aromatic carbocycles. The van der Waals surface area contributed by atoms with E-state index in [0.717, 1.165) is 18.4 Å². The summed E-state index contributed by atoms with van der Waals surface area (Å²) in [4.78, 5) is 22.6. The predicted octanol–water partition coefficient (Wildman–Crippen LogP) is 0.608. The van der Waals surface area contributed by atoms with E-state index in [4.69, 9.17) is 5.11 Å². The van der Waals surface area contributed by atoms with Crippen LogP contribution < -0.4 is 10.6 Å². The average Bonchev–Trinajstić information content (AvgIpc) is 3.00. The highest BCUT2D eigenvalue weighted by Gasteiger charge is 2.31. The Morgan fingerprint density at radius 3 is 2.50 bits per heavy atom. The summed E-state index contributed by atoms with van der Waals surface area (Å²) in [6, 6.07) is 5.61. The first-order chi connectivity index (χ1) is 11.3. The zero-order chi connectivity index (χ0) is 17.7. The molecule has 24 heavy (non-hydrogen) atoms. The third kappa shape index (κ3) is 4.93. The summed E-state index contributed by atoms with van der Waals surface area (Å²) >= 11 is 0. The number of hydrogen-bond donors (Lipinski definition) is 3. The number of urea groups is 1. The Labute approximate surface area is 140 Å². The molecule has 0 bridgehead atoms. The minimum atomic E-state index is -3.25. The summed E-state index contributed by atoms with van der Waals surface area (Å²) in [6.45, 7) is 1.01. The lowest BCUT2D eigenvalue weighted by atomic mass is 10.1. The van der Waals surface area contributed by atoms with E-state index in [0.29, 0.717) is 6.54 Å². The molecule has 0 radical (unpaired) electrons. The number of benzene rings is 1. The van der Waals surface area contributed by atoms with Crippen LogP contribution in [0.3, 0.4) is 0 Å². The molecule has 2 rings (SSSR count). The molecular weight excluding hydrogens is 334 g/mol. The van der Waals surface area contributed by atoms with Crippen LogP contribution in [0.5, 0.6) is 0 Å². The van der Waals surface area contributed by atoms with Crippen molar-refractivity contribution in [3.8, 4) is 0 Å². The fourth-order valence-corrected chi connectivity index (χ4v) is 3.85. The highest BCUT2D eigenvalue weighted by molar-refractivity contribution is 7.88. The lowest BCUT2D eigenvalue weighted by molar-refractivity contribution is 0.0697. The molecule has 1 aliphatic heterocycles. The van der Waals surface area contributed by atoms with Crippen LogP contribution in [0, 0.1) is 0 Å². The van der Waals surface area contributed by atoms with Gasteiger partial charge < -0.3 is 15.7 Å². The van der Waals surface area contributed by atoms with Crippen molar-refractivity contribution in [2.75, 3.05) is 19.3 Å². The Hall–Kier alpha value is -2.13. The number of aromatic carboxylic acids is 1. The predicted molar refractivity (Wildman–Crippen MR) is 88.2 cm³/mol. The standard InChI is InChI=1S/C15H21N3O5S/c1-24(22,23)18-8-2-3-13(18)10-17-15(21)16-9-11-4-6-12(7-5-11)14(19)20/h4-7,13H,2-3,8-10H2,1H3,(H,19,20)(H2,16,17,21)/t13-/m1/s1. The molecule has 1 aromatic rings. The third-order valence-electron chi connectivity index (χ3n) is 3.90. The van der Waals surface area contributed by atoms with Crippen LogP contribution >= 0.6 is 0 Å². The molecule has 1 heterocycles. The zero-order valence-corrected chi connectivity index (χ0v) is 14.2. The van der Waals surface area contributed by atoms with Crippen molar-refractivity contribution < 1.29 is 23.1 Å². The Balaban J connectivity index is 1.78. The third-order valence-corrected chi connectivity index (χ3v) is 5.23. The molecule has 0 saturated carbocycles. The van der Waals surface area contributed by atoms with Gasteiger partial charge in [0.05, 0.1) is 11.8 Å². The fraction of sp³-hybridized carbons (Fsp3) is 0.467. The number of amides is 2. The van der Waals surface area contributed by atoms with Crippen molar-refractivity contribution in [2.45, 2.75) is 25.4 Å². The first kappa shape index (κ1) is 18.2. The number of carboxylic acid groups (broad SMARTS) is 1. The van der Waals surface area contributed by atoms with Gasteiger partial charge in [-0.1, -0.05) is 12.1 Å². The fourth-order valence-electron chi connectivity index (χ4n) is 2.67. The highest BCUT2D eigenvalue weighted by atomic mass is 32.2. The van der Waals surface area contributed by atoms with E-state index in [1.807, 2.05) is 0 Å². The second kappa shape index (κ2) is 7.63. The van der Waals surface area contributed by atoms with Crippen molar-refractivity contribution >= 4 is 22.0 Å². The molecule has 8 nitrogen and oxygen atoms in total. The van der Waals surface area contributed by atoms with E-state index in [9.17, 15) is 18.0 Å². The number of carbonyl (C=O) groups is 2. The maximum atomic E-state index is 11.8. The number of carboxylic acids is 1. The van der Waals surface area contributed by atoms with Gasteiger partial charge in [-0.15, -0.1) is 0 Å². The second-order valence-electron chi connectivity index (χ2n) is 5.74. The quantitative estimate of drug-likeness (QED) is 0.691. The molecule has 0 aliphatic carbocycles. The monoisotopic (exact) mass is 355 g/mol. The first-order valence-corrected chi connectivity index (χ1v) is 9.43. The van der Waals surface area contributed by atoms with E-state index in [-0.39, 0.29) is 24.7 Å². The van der Waals surface area contributed by atoms with Crippen molar-refractivity contribution in [3.63, 3.8) is 0 Å². The van der Waals surface area contributed by atoms with Crippen LogP contribution in [-0.4, -0.2) is 55.2 Å². The molecule has 9 heteroatoms. The van der Waals surface area contributed by atoms with Gasteiger partial charge in [0.1, 0.15) is 0 Å². The molecule has 3 N–H and O–H groups in total. The number of carbonyl (C=O) groups excluding carboxylic acids is 1. The highest BCUT2D eigenvalue weighted by Crippen LogP contribution is 2.19. The SMILES string of the molecule is CS(=O)(=O)N1CCC[C@@H]1CNC(=O)NCc1ccc(C(=O)O)cc1. The van der Waals surface area contributed by atoms with E-state index in [2.05, 4.69) is 10.6 Å². The van der Waals surface area contributed by atoms with Crippen LogP contribution in [-0.2, 0) is 16.6 Å². The van der Waals surface area contributed by atoms with Gasteiger partial charge in [0.2, 0.25) is 10.0 Å². The molecule has 1 fully saturated rings. The van der Waals surface area contributed by atoms with Crippen molar-refractivity contribution in [1.29, 1.82) is 0 Å². The van der Waals surface area contributed by atoms with Crippen LogP contribution in [0.15, 0.2) is 24.3 Å². The molecule has 1 atom stereocenters. The number of rotatable bonds is 6. The van der Waals surface area contributed by atoms with Gasteiger partial charge in [-0.05, 0) is 30.5 Å². The molecule has 0 unspecified atom stereocenters. The van der Waals surface area contributed by atoms with Crippen LogP contribution in [0.4, 0.5) is 4.79 Å². The maximum absolute atomic E-state index is 11.8. The minimum Gasteiger partial charge on any atom is -0.478 e. The molecular formula is C15H21N3O5S. The molecule has 0 aromatic heterocycles. The van der Waals surface area contributed by atoms with Gasteiger partial charge in [0, 0.05) is 25.7 Å². The summed E-state index contributed by atoms with van der Waals surface area (Å²) in [5.74, 6) is -1.00. The van der Waals surface area contributed by atoms with E-state index >= 15 is 0 Å². The number of sulfonamides is 1. The summed E-state index contributed by atoms with van der Waals surface area (Å²) in [7, 11) is -3.25. The summed E-state index contributed by atoms with van der Waals surface area (Å²) in [5.41, 5.74) is 0.957. The number of nitrogens with zero attached hydrogens (tertiary/aromatic N) is 1. The summed E-state index contributed by atoms with van der Waals surface area (Å²) < 4.78 is 24.7. The van der Waals surface area contributed by atoms with E-state index in [1.165, 1.54) is 22.7 Å². The van der Waals surface area contributed by atoms with Crippen molar-refractivity contribution in [2.24, 2.45) is 0 Å². The molecule has 0 spiro atoms. The Kier molecular flexibility index (Phi) is 5.79. The Morgan fingerprint density at radius 2 is 1.92 bits per heavy atom. The Bertz CT molecular complexity index is 702. The largest absolute Gasteiger partial charge is 0.478 e. The topological polar surface area (TPSA) is 116 Å². The smallest absolute Gasteiger partial charge is 0.335 e. The Morgan fingerprint density at radius 1 is 1.25 bits per heavy atom. The first-order valence-electron chi connectivity index (χ1n) is 7.58. The van der Waals surface area contributed by atoms with E-state index < -0.39 is 22.0 Å². The normalized spacial score (nSPS) is 18.3. The van der Waals surface area contributed by atoms with Gasteiger partial charge in [-0.3, -0.25) is 0 Å². The molecule has 132 valence electrons. The van der Waals surface area contributed by atoms with Crippen molar-refractivity contribution in [3.05, 3.63) is 35.4 Å². The van der Waals surface area contributed by atoms with Gasteiger partial charge in [-0.25, -0.2) is 18.0 Å².